The zero-order valence-electron chi connectivity index (χ0n) is 12.4. The molecule has 0 radical (unpaired) electrons. The normalized spacial score (nSPS) is 12.5. The molecule has 0 fully saturated rings. The second-order valence-corrected chi connectivity index (χ2v) is 5.88. The number of nitrogens with two attached hydrogens (primary N) is 1. The lowest BCUT2D eigenvalue weighted by atomic mass is 10.2. The van der Waals surface area contributed by atoms with Gasteiger partial charge in [-0.1, -0.05) is 18.3 Å². The van der Waals surface area contributed by atoms with E-state index in [1.807, 2.05) is 32.6 Å². The van der Waals surface area contributed by atoms with Gasteiger partial charge in [-0.25, -0.2) is 4.98 Å². The number of aromatic nitrogens is 1. The molecule has 0 bridgehead atoms. The van der Waals surface area contributed by atoms with Crippen molar-refractivity contribution < 1.29 is 4.79 Å². The highest BCUT2D eigenvalue weighted by Gasteiger charge is 2.24. The van der Waals surface area contributed by atoms with Gasteiger partial charge in [0.1, 0.15) is 10.7 Å². The van der Waals surface area contributed by atoms with E-state index in [1.165, 1.54) is 11.3 Å². The van der Waals surface area contributed by atoms with E-state index >= 15 is 0 Å². The zero-order chi connectivity index (χ0) is 14.6. The fraction of sp³-hybridized carbons (Fsp3) is 0.692. The van der Waals surface area contributed by atoms with E-state index in [1.54, 1.807) is 0 Å². The summed E-state index contributed by atoms with van der Waals surface area (Å²) >= 11 is 1.33. The van der Waals surface area contributed by atoms with Gasteiger partial charge in [0.2, 0.25) is 0 Å². The maximum atomic E-state index is 12.5. The molecule has 0 aliphatic heterocycles. The van der Waals surface area contributed by atoms with Gasteiger partial charge in [-0.3, -0.25) is 4.79 Å². The van der Waals surface area contributed by atoms with Crippen LogP contribution in [0.5, 0.6) is 0 Å². The summed E-state index contributed by atoms with van der Waals surface area (Å²) in [6.07, 6.45) is 0.926. The molecule has 5 nitrogen and oxygen atoms in total. The molecule has 6 heteroatoms. The number of hydrogen-bond acceptors (Lipinski definition) is 5. The maximum absolute atomic E-state index is 12.5. The van der Waals surface area contributed by atoms with Gasteiger partial charge in [0, 0.05) is 18.6 Å². The minimum Gasteiger partial charge on any atom is -0.382 e. The first-order valence-corrected chi connectivity index (χ1v) is 7.56. The molecular weight excluding hydrogens is 260 g/mol. The molecule has 19 heavy (non-hydrogen) atoms. The summed E-state index contributed by atoms with van der Waals surface area (Å²) in [6, 6.07) is 0.478. The predicted molar refractivity (Wildman–Crippen MR) is 81.7 cm³/mol. The van der Waals surface area contributed by atoms with Gasteiger partial charge < -0.3 is 16.0 Å². The number of carbonyl (C=O) groups is 1. The second kappa shape index (κ2) is 6.75. The second-order valence-electron chi connectivity index (χ2n) is 4.88. The average molecular weight is 284 g/mol. The Morgan fingerprint density at radius 1 is 1.42 bits per heavy atom. The van der Waals surface area contributed by atoms with Crippen molar-refractivity contribution in [2.75, 3.05) is 17.6 Å². The molecule has 1 heterocycles. The summed E-state index contributed by atoms with van der Waals surface area (Å²) in [7, 11) is 0. The van der Waals surface area contributed by atoms with Crippen LogP contribution in [-0.4, -0.2) is 34.4 Å². The van der Waals surface area contributed by atoms with E-state index in [9.17, 15) is 4.79 Å². The van der Waals surface area contributed by atoms with Gasteiger partial charge in [0.25, 0.3) is 5.91 Å². The van der Waals surface area contributed by atoms with Gasteiger partial charge >= 0.3 is 0 Å². The van der Waals surface area contributed by atoms with Crippen LogP contribution in [-0.2, 0) is 0 Å². The molecule has 0 spiro atoms. The number of hydrogen-bond donors (Lipinski definition) is 2. The van der Waals surface area contributed by atoms with E-state index in [2.05, 4.69) is 17.2 Å². The molecule has 1 atom stereocenters. The Morgan fingerprint density at radius 2 is 2.05 bits per heavy atom. The zero-order valence-corrected chi connectivity index (χ0v) is 13.2. The topological polar surface area (TPSA) is 71.2 Å². The standard InChI is InChI=1S/C13H24N4OS/c1-6-9(5)17(7-2)12(18)10-11(14)16-13(19-10)15-8(3)4/h8-9H,6-7,14H2,1-5H3,(H,15,16). The first-order valence-electron chi connectivity index (χ1n) is 6.74. The fourth-order valence-electron chi connectivity index (χ4n) is 1.80. The molecule has 0 aliphatic rings. The van der Waals surface area contributed by atoms with Crippen molar-refractivity contribution in [2.24, 2.45) is 0 Å². The summed E-state index contributed by atoms with van der Waals surface area (Å²) < 4.78 is 0. The molecule has 0 aliphatic carbocycles. The summed E-state index contributed by atoms with van der Waals surface area (Å²) in [4.78, 5) is 19.1. The Kier molecular flexibility index (Phi) is 5.60. The smallest absolute Gasteiger partial charge is 0.268 e. The summed E-state index contributed by atoms with van der Waals surface area (Å²) in [5.41, 5.74) is 5.86. The van der Waals surface area contributed by atoms with Crippen LogP contribution in [0.4, 0.5) is 10.9 Å². The maximum Gasteiger partial charge on any atom is 0.268 e. The third-order valence-electron chi connectivity index (χ3n) is 2.98. The summed E-state index contributed by atoms with van der Waals surface area (Å²) in [6.45, 7) is 10.8. The van der Waals surface area contributed by atoms with Crippen molar-refractivity contribution >= 4 is 28.2 Å². The van der Waals surface area contributed by atoms with Crippen molar-refractivity contribution in [3.63, 3.8) is 0 Å². The largest absolute Gasteiger partial charge is 0.382 e. The lowest BCUT2D eigenvalue weighted by Gasteiger charge is -2.26. The van der Waals surface area contributed by atoms with Crippen LogP contribution in [0.15, 0.2) is 0 Å². The minimum absolute atomic E-state index is 0.0244. The van der Waals surface area contributed by atoms with Gasteiger partial charge in [0.05, 0.1) is 0 Å². The Balaban J connectivity index is 2.95. The molecular formula is C13H24N4OS. The molecule has 0 aromatic carbocycles. The number of anilines is 2. The Labute approximate surface area is 119 Å². The third-order valence-corrected chi connectivity index (χ3v) is 3.97. The van der Waals surface area contributed by atoms with E-state index in [0.29, 0.717) is 22.4 Å². The SMILES string of the molecule is CCC(C)N(CC)C(=O)c1sc(NC(C)C)nc1N. The molecule has 1 aromatic rings. The van der Waals surface area contributed by atoms with Crippen LogP contribution in [0.1, 0.15) is 50.7 Å². The van der Waals surface area contributed by atoms with Gasteiger partial charge in [-0.15, -0.1) is 0 Å². The fourth-order valence-corrected chi connectivity index (χ4v) is 2.79. The molecule has 1 amide bonds. The third kappa shape index (κ3) is 3.83. The molecule has 1 aromatic heterocycles. The number of amides is 1. The first kappa shape index (κ1) is 15.8. The highest BCUT2D eigenvalue weighted by atomic mass is 32.1. The number of carbonyl (C=O) groups excluding carboxylic acids is 1. The Hall–Kier alpha value is -1.30. The molecule has 108 valence electrons. The number of thiazole rings is 1. The molecule has 0 saturated carbocycles. The van der Waals surface area contributed by atoms with E-state index in [4.69, 9.17) is 5.73 Å². The van der Waals surface area contributed by atoms with Crippen molar-refractivity contribution in [1.29, 1.82) is 0 Å². The van der Waals surface area contributed by atoms with Gasteiger partial charge in [0.15, 0.2) is 5.13 Å². The van der Waals surface area contributed by atoms with E-state index in [-0.39, 0.29) is 18.0 Å². The predicted octanol–water partition coefficient (Wildman–Crippen LogP) is 2.81. The number of rotatable bonds is 6. The highest BCUT2D eigenvalue weighted by Crippen LogP contribution is 2.27. The Morgan fingerprint density at radius 3 is 2.53 bits per heavy atom. The molecule has 3 N–H and O–H groups in total. The van der Waals surface area contributed by atoms with Crippen LogP contribution >= 0.6 is 11.3 Å². The number of nitrogens with zero attached hydrogens (tertiary/aromatic N) is 2. The number of nitrogen functional groups attached to an aromatic ring is 1. The average Bonchev–Trinajstić information content (AvgIpc) is 2.69. The van der Waals surface area contributed by atoms with Crippen molar-refractivity contribution in [1.82, 2.24) is 9.88 Å². The van der Waals surface area contributed by atoms with E-state index < -0.39 is 0 Å². The molecule has 1 rings (SSSR count). The molecule has 1 unspecified atom stereocenters. The minimum atomic E-state index is -0.0244. The lowest BCUT2D eigenvalue weighted by Crippen LogP contribution is -2.38. The van der Waals surface area contributed by atoms with Crippen molar-refractivity contribution in [2.45, 2.75) is 53.1 Å². The van der Waals surface area contributed by atoms with Crippen LogP contribution in [0.3, 0.4) is 0 Å². The number of nitrogens with one attached hydrogen (secondary N) is 1. The van der Waals surface area contributed by atoms with E-state index in [0.717, 1.165) is 6.42 Å². The van der Waals surface area contributed by atoms with Crippen LogP contribution in [0, 0.1) is 0 Å². The summed E-state index contributed by atoms with van der Waals surface area (Å²) in [5, 5.41) is 3.88. The van der Waals surface area contributed by atoms with Gasteiger partial charge in [-0.05, 0) is 34.1 Å². The van der Waals surface area contributed by atoms with Crippen molar-refractivity contribution in [3.05, 3.63) is 4.88 Å². The highest BCUT2D eigenvalue weighted by molar-refractivity contribution is 7.18. The Bertz CT molecular complexity index is 430. The molecule has 0 saturated heterocycles. The summed E-state index contributed by atoms with van der Waals surface area (Å²) in [5.74, 6) is 0.295. The van der Waals surface area contributed by atoms with Crippen LogP contribution in [0.25, 0.3) is 0 Å². The monoisotopic (exact) mass is 284 g/mol. The van der Waals surface area contributed by atoms with Crippen LogP contribution in [0.2, 0.25) is 0 Å². The van der Waals surface area contributed by atoms with Crippen LogP contribution < -0.4 is 11.1 Å². The van der Waals surface area contributed by atoms with Crippen molar-refractivity contribution in [3.8, 4) is 0 Å². The first-order chi connectivity index (χ1) is 8.90. The lowest BCUT2D eigenvalue weighted by molar-refractivity contribution is 0.0706. The van der Waals surface area contributed by atoms with Gasteiger partial charge in [-0.2, -0.15) is 0 Å². The quantitative estimate of drug-likeness (QED) is 0.842.